The topological polar surface area (TPSA) is 57.7 Å². The Balaban J connectivity index is 1.62. The molecule has 2 aliphatic rings. The average Bonchev–Trinajstić information content (AvgIpc) is 3.21. The van der Waals surface area contributed by atoms with E-state index in [0.717, 1.165) is 57.0 Å². The minimum absolute atomic E-state index is 0.277. The summed E-state index contributed by atoms with van der Waals surface area (Å²) in [5, 5.41) is 17.8. The molecule has 5 nitrogen and oxygen atoms in total. The van der Waals surface area contributed by atoms with Crippen LogP contribution in [0.5, 0.6) is 0 Å². The second kappa shape index (κ2) is 5.90. The number of halogens is 1. The molecule has 1 unspecified atom stereocenters. The quantitative estimate of drug-likeness (QED) is 0.852. The van der Waals surface area contributed by atoms with Crippen molar-refractivity contribution in [3.63, 3.8) is 0 Å². The zero-order chi connectivity index (χ0) is 16.7. The number of piperidine rings is 1. The predicted molar refractivity (Wildman–Crippen MR) is 88.4 cm³/mol. The minimum Gasteiger partial charge on any atom is -0.368 e. The van der Waals surface area contributed by atoms with Crippen molar-refractivity contribution in [1.82, 2.24) is 14.8 Å². The van der Waals surface area contributed by atoms with Crippen molar-refractivity contribution >= 4 is 5.69 Å². The fraction of sp³-hybridized carbons (Fsp3) is 0.500. The van der Waals surface area contributed by atoms with E-state index in [0.29, 0.717) is 16.8 Å². The lowest BCUT2D eigenvalue weighted by Crippen LogP contribution is -2.36. The number of anilines is 1. The van der Waals surface area contributed by atoms with Crippen LogP contribution >= 0.6 is 0 Å². The fourth-order valence-electron chi connectivity index (χ4n) is 3.92. The van der Waals surface area contributed by atoms with Crippen LogP contribution < -0.4 is 4.90 Å². The van der Waals surface area contributed by atoms with Crippen LogP contribution in [0, 0.1) is 24.1 Å². The number of nitrogens with zero attached hydrogens (tertiary/aromatic N) is 5. The van der Waals surface area contributed by atoms with E-state index in [-0.39, 0.29) is 11.7 Å². The molecular formula is C18H20FN5. The van der Waals surface area contributed by atoms with Gasteiger partial charge in [0.05, 0.1) is 17.3 Å². The van der Waals surface area contributed by atoms with Crippen molar-refractivity contribution in [2.45, 2.75) is 45.1 Å². The molecule has 1 saturated heterocycles. The van der Waals surface area contributed by atoms with Gasteiger partial charge in [-0.1, -0.05) is 0 Å². The van der Waals surface area contributed by atoms with E-state index in [9.17, 15) is 4.39 Å². The summed E-state index contributed by atoms with van der Waals surface area (Å²) >= 11 is 0. The Kier molecular flexibility index (Phi) is 3.72. The minimum atomic E-state index is -0.277. The van der Waals surface area contributed by atoms with Gasteiger partial charge >= 0.3 is 0 Å². The van der Waals surface area contributed by atoms with Crippen molar-refractivity contribution in [2.24, 2.45) is 0 Å². The summed E-state index contributed by atoms with van der Waals surface area (Å²) in [5.74, 6) is 2.15. The molecule has 0 amide bonds. The summed E-state index contributed by atoms with van der Waals surface area (Å²) < 4.78 is 16.9. The largest absolute Gasteiger partial charge is 0.368 e. The zero-order valence-corrected chi connectivity index (χ0v) is 13.8. The second-order valence-electron chi connectivity index (χ2n) is 6.70. The maximum atomic E-state index is 14.7. The molecule has 124 valence electrons. The second-order valence-corrected chi connectivity index (χ2v) is 6.70. The smallest absolute Gasteiger partial charge is 0.150 e. The first kappa shape index (κ1) is 15.1. The van der Waals surface area contributed by atoms with Crippen molar-refractivity contribution in [3.8, 4) is 6.07 Å². The molecule has 1 atom stereocenters. The molecule has 0 spiro atoms. The number of fused-ring (bicyclic) bond motifs is 1. The lowest BCUT2D eigenvalue weighted by Gasteiger charge is -2.34. The van der Waals surface area contributed by atoms with E-state index in [2.05, 4.69) is 19.7 Å². The third-order valence-corrected chi connectivity index (χ3v) is 5.25. The summed E-state index contributed by atoms with van der Waals surface area (Å²) in [6, 6.07) is 5.49. The van der Waals surface area contributed by atoms with Gasteiger partial charge in [-0.15, -0.1) is 10.2 Å². The lowest BCUT2D eigenvalue weighted by atomic mass is 9.96. The Morgan fingerprint density at radius 3 is 2.96 bits per heavy atom. The molecule has 6 heteroatoms. The summed E-state index contributed by atoms with van der Waals surface area (Å²) in [6.07, 6.45) is 4.21. The summed E-state index contributed by atoms with van der Waals surface area (Å²) in [4.78, 5) is 2.09. The molecule has 4 rings (SSSR count). The van der Waals surface area contributed by atoms with E-state index >= 15 is 0 Å². The Bertz CT molecular complexity index is 820. The van der Waals surface area contributed by atoms with Gasteiger partial charge in [0.25, 0.3) is 0 Å². The number of nitriles is 1. The van der Waals surface area contributed by atoms with Crippen LogP contribution in [0.2, 0.25) is 0 Å². The molecule has 24 heavy (non-hydrogen) atoms. The molecule has 1 fully saturated rings. The van der Waals surface area contributed by atoms with Gasteiger partial charge in [0, 0.05) is 37.5 Å². The van der Waals surface area contributed by atoms with Gasteiger partial charge in [0.15, 0.2) is 5.82 Å². The number of aryl methyl sites for hydroxylation is 1. The van der Waals surface area contributed by atoms with E-state index < -0.39 is 0 Å². The Hall–Kier alpha value is -2.42. The van der Waals surface area contributed by atoms with Crippen LogP contribution in [0.4, 0.5) is 10.1 Å². The number of rotatable bonds is 2. The van der Waals surface area contributed by atoms with Crippen LogP contribution in [-0.2, 0) is 13.0 Å². The Morgan fingerprint density at radius 1 is 1.25 bits per heavy atom. The van der Waals surface area contributed by atoms with E-state index in [1.807, 2.05) is 6.07 Å². The zero-order valence-electron chi connectivity index (χ0n) is 13.8. The van der Waals surface area contributed by atoms with Crippen molar-refractivity contribution in [1.29, 1.82) is 5.26 Å². The summed E-state index contributed by atoms with van der Waals surface area (Å²) in [5.41, 5.74) is 1.43. The summed E-state index contributed by atoms with van der Waals surface area (Å²) in [7, 11) is 0. The molecule has 2 aliphatic heterocycles. The van der Waals surface area contributed by atoms with Gasteiger partial charge in [-0.3, -0.25) is 0 Å². The van der Waals surface area contributed by atoms with Gasteiger partial charge < -0.3 is 9.47 Å². The first-order valence-corrected chi connectivity index (χ1v) is 8.55. The molecule has 0 saturated carbocycles. The number of benzene rings is 1. The molecule has 1 aromatic carbocycles. The van der Waals surface area contributed by atoms with Gasteiger partial charge in [0.1, 0.15) is 11.6 Å². The summed E-state index contributed by atoms with van der Waals surface area (Å²) in [6.45, 7) is 4.25. The van der Waals surface area contributed by atoms with E-state index in [1.165, 1.54) is 0 Å². The molecule has 1 aromatic heterocycles. The molecule has 2 aromatic rings. The van der Waals surface area contributed by atoms with Gasteiger partial charge in [-0.25, -0.2) is 4.39 Å². The monoisotopic (exact) mass is 325 g/mol. The van der Waals surface area contributed by atoms with Crippen LogP contribution in [0.3, 0.4) is 0 Å². The number of hydrogen-bond donors (Lipinski definition) is 0. The highest BCUT2D eigenvalue weighted by Crippen LogP contribution is 2.33. The SMILES string of the molecule is Cc1c(C#N)ccc(N2CCCC(c3nnc4n3CCC4)C2)c1F. The first-order valence-electron chi connectivity index (χ1n) is 8.55. The van der Waals surface area contributed by atoms with Gasteiger partial charge in [-0.2, -0.15) is 5.26 Å². The number of hydrogen-bond acceptors (Lipinski definition) is 4. The number of aromatic nitrogens is 3. The highest BCUT2D eigenvalue weighted by atomic mass is 19.1. The normalized spacial score (nSPS) is 20.0. The van der Waals surface area contributed by atoms with Crippen molar-refractivity contribution < 1.29 is 4.39 Å². The predicted octanol–water partition coefficient (Wildman–Crippen LogP) is 2.93. The average molecular weight is 325 g/mol. The maximum Gasteiger partial charge on any atom is 0.150 e. The van der Waals surface area contributed by atoms with Gasteiger partial charge in [-0.05, 0) is 38.3 Å². The Morgan fingerprint density at radius 2 is 2.12 bits per heavy atom. The van der Waals surface area contributed by atoms with Crippen LogP contribution in [0.15, 0.2) is 12.1 Å². The van der Waals surface area contributed by atoms with Crippen LogP contribution in [0.1, 0.15) is 48.0 Å². The first-order chi connectivity index (χ1) is 11.7. The maximum absolute atomic E-state index is 14.7. The molecule has 3 heterocycles. The van der Waals surface area contributed by atoms with Crippen LogP contribution in [0.25, 0.3) is 0 Å². The fourth-order valence-corrected chi connectivity index (χ4v) is 3.92. The highest BCUT2D eigenvalue weighted by Gasteiger charge is 2.29. The van der Waals surface area contributed by atoms with Crippen molar-refractivity contribution in [3.05, 3.63) is 40.7 Å². The molecular weight excluding hydrogens is 305 g/mol. The molecule has 0 aliphatic carbocycles. The third kappa shape index (κ3) is 2.35. The lowest BCUT2D eigenvalue weighted by molar-refractivity contribution is 0.467. The van der Waals surface area contributed by atoms with E-state index in [4.69, 9.17) is 5.26 Å². The molecule has 0 radical (unpaired) electrons. The molecule has 0 bridgehead atoms. The Labute approximate surface area is 140 Å². The standard InChI is InChI=1S/C18H20FN5/c1-12-13(10-20)6-7-15(17(12)19)23-8-2-4-14(11-23)18-22-21-16-5-3-9-24(16)18/h6-7,14H,2-5,8-9,11H2,1H3. The highest BCUT2D eigenvalue weighted by molar-refractivity contribution is 5.55. The third-order valence-electron chi connectivity index (χ3n) is 5.25. The van der Waals surface area contributed by atoms with E-state index in [1.54, 1.807) is 19.1 Å². The van der Waals surface area contributed by atoms with Crippen LogP contribution in [-0.4, -0.2) is 27.9 Å². The van der Waals surface area contributed by atoms with Gasteiger partial charge in [0.2, 0.25) is 0 Å². The molecule has 0 N–H and O–H groups in total. The van der Waals surface area contributed by atoms with Crippen molar-refractivity contribution in [2.75, 3.05) is 18.0 Å².